The number of alkyl halides is 3. The zero-order valence-electron chi connectivity index (χ0n) is 20.8. The van der Waals surface area contributed by atoms with Crippen LogP contribution < -0.4 is 20.3 Å². The number of rotatable bonds is 9. The summed E-state index contributed by atoms with van der Waals surface area (Å²) in [6.45, 7) is 0.125. The van der Waals surface area contributed by atoms with E-state index in [1.807, 2.05) is 0 Å². The minimum Gasteiger partial charge on any atom is -0.493 e. The Hall–Kier alpha value is -3.70. The highest BCUT2D eigenvalue weighted by Crippen LogP contribution is 2.32. The summed E-state index contributed by atoms with van der Waals surface area (Å²) in [6, 6.07) is 14.6. The Balaban J connectivity index is 1.64. The van der Waals surface area contributed by atoms with Crippen molar-refractivity contribution < 1.29 is 27.4 Å². The van der Waals surface area contributed by atoms with Crippen LogP contribution in [-0.4, -0.2) is 35.4 Å². The van der Waals surface area contributed by atoms with Crippen molar-refractivity contribution in [1.29, 1.82) is 0 Å². The normalized spacial score (nSPS) is 11.4. The van der Waals surface area contributed by atoms with Crippen LogP contribution in [0.3, 0.4) is 0 Å². The number of thioether (sulfide) groups is 1. The summed E-state index contributed by atoms with van der Waals surface area (Å²) >= 11 is 7.04. The monoisotopic (exact) mass is 577 g/mol. The molecule has 3 aromatic carbocycles. The van der Waals surface area contributed by atoms with Gasteiger partial charge in [-0.15, -0.1) is 0 Å². The molecule has 0 aliphatic rings. The number of carbonyl (C=O) groups is 1. The summed E-state index contributed by atoms with van der Waals surface area (Å²) in [5.41, 5.74) is 0.346. The minimum absolute atomic E-state index is 0.0575. The number of anilines is 1. The summed E-state index contributed by atoms with van der Waals surface area (Å²) in [5.74, 6) is 0.338. The van der Waals surface area contributed by atoms with Crippen LogP contribution in [0.4, 0.5) is 18.9 Å². The summed E-state index contributed by atoms with van der Waals surface area (Å²) in [5, 5.41) is 3.76. The van der Waals surface area contributed by atoms with Crippen LogP contribution in [0.15, 0.2) is 70.6 Å². The summed E-state index contributed by atoms with van der Waals surface area (Å²) < 4.78 is 50.9. The lowest BCUT2D eigenvalue weighted by atomic mass is 10.1. The van der Waals surface area contributed by atoms with Gasteiger partial charge in [0.1, 0.15) is 0 Å². The number of fused-ring (bicyclic) bond motifs is 1. The van der Waals surface area contributed by atoms with Crippen LogP contribution in [0, 0.1) is 0 Å². The van der Waals surface area contributed by atoms with Gasteiger partial charge in [0.2, 0.25) is 5.91 Å². The van der Waals surface area contributed by atoms with Gasteiger partial charge in [0.15, 0.2) is 16.7 Å². The number of amides is 1. The predicted molar refractivity (Wildman–Crippen MR) is 145 cm³/mol. The lowest BCUT2D eigenvalue weighted by Crippen LogP contribution is -2.25. The lowest BCUT2D eigenvalue weighted by Gasteiger charge is -2.15. The third-order valence-corrected chi connectivity index (χ3v) is 6.98. The number of nitrogens with zero attached hydrogens (tertiary/aromatic N) is 2. The Morgan fingerprint density at radius 1 is 1.05 bits per heavy atom. The van der Waals surface area contributed by atoms with Crippen LogP contribution in [0.5, 0.6) is 11.5 Å². The molecule has 39 heavy (non-hydrogen) atoms. The maximum absolute atomic E-state index is 13.5. The smallest absolute Gasteiger partial charge is 0.416 e. The molecule has 4 rings (SSSR count). The predicted octanol–water partition coefficient (Wildman–Crippen LogP) is 6.06. The largest absolute Gasteiger partial charge is 0.493 e. The Labute approximate surface area is 230 Å². The molecule has 1 heterocycles. The molecule has 12 heteroatoms. The molecule has 0 aliphatic carbocycles. The van der Waals surface area contributed by atoms with Crippen LogP contribution in [0.2, 0.25) is 5.02 Å². The second-order valence-electron chi connectivity index (χ2n) is 8.37. The number of methoxy groups -OCH3 is 2. The van der Waals surface area contributed by atoms with E-state index < -0.39 is 11.7 Å². The molecule has 204 valence electrons. The molecule has 0 saturated carbocycles. The fraction of sp³-hybridized carbons (Fsp3) is 0.222. The van der Waals surface area contributed by atoms with Gasteiger partial charge in [-0.05, 0) is 48.4 Å². The number of carbonyl (C=O) groups excluding carboxylic acids is 1. The number of benzene rings is 3. The molecule has 1 amide bonds. The molecule has 0 saturated heterocycles. The second-order valence-corrected chi connectivity index (χ2v) is 9.75. The maximum atomic E-state index is 13.5. The SMILES string of the molecule is COc1cc2nc(SCC(=O)Nc3cccc(Cl)c3)n(CCc3ccc(C(F)(F)F)cc3)c(=O)c2cc1OC. The molecule has 1 N–H and O–H groups in total. The van der Waals surface area contributed by atoms with Crippen molar-refractivity contribution in [3.8, 4) is 11.5 Å². The van der Waals surface area contributed by atoms with Crippen molar-refractivity contribution in [3.63, 3.8) is 0 Å². The van der Waals surface area contributed by atoms with Gasteiger partial charge >= 0.3 is 6.18 Å². The number of aryl methyl sites for hydroxylation is 1. The van der Waals surface area contributed by atoms with Gasteiger partial charge in [0, 0.05) is 23.3 Å². The van der Waals surface area contributed by atoms with E-state index in [1.165, 1.54) is 37.0 Å². The molecule has 0 spiro atoms. The third kappa shape index (κ3) is 6.85. The number of halogens is 4. The van der Waals surface area contributed by atoms with E-state index in [0.29, 0.717) is 33.3 Å². The molecule has 0 atom stereocenters. The van der Waals surface area contributed by atoms with E-state index in [9.17, 15) is 22.8 Å². The molecule has 0 radical (unpaired) electrons. The van der Waals surface area contributed by atoms with E-state index >= 15 is 0 Å². The first-order valence-electron chi connectivity index (χ1n) is 11.6. The van der Waals surface area contributed by atoms with Gasteiger partial charge in [0.05, 0.1) is 36.4 Å². The molecule has 0 unspecified atom stereocenters. The van der Waals surface area contributed by atoms with Crippen molar-refractivity contribution in [2.45, 2.75) is 24.3 Å². The number of hydrogen-bond donors (Lipinski definition) is 1. The van der Waals surface area contributed by atoms with Gasteiger partial charge in [-0.1, -0.05) is 41.6 Å². The van der Waals surface area contributed by atoms with E-state index in [-0.39, 0.29) is 40.7 Å². The van der Waals surface area contributed by atoms with Crippen LogP contribution in [-0.2, 0) is 23.9 Å². The highest BCUT2D eigenvalue weighted by atomic mass is 35.5. The van der Waals surface area contributed by atoms with Gasteiger partial charge in [-0.2, -0.15) is 13.2 Å². The second kappa shape index (κ2) is 12.0. The Morgan fingerprint density at radius 2 is 1.74 bits per heavy atom. The average Bonchev–Trinajstić information content (AvgIpc) is 2.90. The maximum Gasteiger partial charge on any atom is 0.416 e. The number of aromatic nitrogens is 2. The molecular weight excluding hydrogens is 555 g/mol. The van der Waals surface area contributed by atoms with Crippen LogP contribution in [0.1, 0.15) is 11.1 Å². The Morgan fingerprint density at radius 3 is 2.38 bits per heavy atom. The number of nitrogens with one attached hydrogen (secondary N) is 1. The zero-order chi connectivity index (χ0) is 28.2. The van der Waals surface area contributed by atoms with Gasteiger partial charge in [0.25, 0.3) is 5.56 Å². The van der Waals surface area contributed by atoms with Crippen molar-refractivity contribution >= 4 is 45.9 Å². The zero-order valence-corrected chi connectivity index (χ0v) is 22.4. The highest BCUT2D eigenvalue weighted by molar-refractivity contribution is 7.99. The number of ether oxygens (including phenoxy) is 2. The molecule has 0 fully saturated rings. The van der Waals surface area contributed by atoms with E-state index in [2.05, 4.69) is 10.3 Å². The first kappa shape index (κ1) is 28.3. The third-order valence-electron chi connectivity index (χ3n) is 5.77. The molecular formula is C27H23ClF3N3O4S. The summed E-state index contributed by atoms with van der Waals surface area (Å²) in [6.07, 6.45) is -4.17. The van der Waals surface area contributed by atoms with Crippen molar-refractivity contribution in [1.82, 2.24) is 9.55 Å². The Kier molecular flexibility index (Phi) is 8.71. The Bertz CT molecular complexity index is 1560. The number of hydrogen-bond acceptors (Lipinski definition) is 6. The quantitative estimate of drug-likeness (QED) is 0.192. The van der Waals surface area contributed by atoms with Crippen LogP contribution >= 0.6 is 23.4 Å². The first-order valence-corrected chi connectivity index (χ1v) is 13.0. The lowest BCUT2D eigenvalue weighted by molar-refractivity contribution is -0.137. The minimum atomic E-state index is -4.44. The topological polar surface area (TPSA) is 82.5 Å². The van der Waals surface area contributed by atoms with Gasteiger partial charge < -0.3 is 14.8 Å². The fourth-order valence-corrected chi connectivity index (χ4v) is 4.85. The molecule has 0 aliphatic heterocycles. The standard InChI is InChI=1S/C27H23ClF3N3O4S/c1-37-22-13-20-21(14-23(22)38-2)33-26(39-15-24(35)32-19-5-3-4-18(28)12-19)34(25(20)36)11-10-16-6-8-17(9-7-16)27(29,30)31/h3-9,12-14H,10-11,15H2,1-2H3,(H,32,35). The highest BCUT2D eigenvalue weighted by Gasteiger charge is 2.30. The van der Waals surface area contributed by atoms with Crippen LogP contribution in [0.25, 0.3) is 10.9 Å². The molecule has 4 aromatic rings. The average molecular weight is 578 g/mol. The van der Waals surface area contributed by atoms with Crippen molar-refractivity contribution in [2.24, 2.45) is 0 Å². The molecule has 7 nitrogen and oxygen atoms in total. The summed E-state index contributed by atoms with van der Waals surface area (Å²) in [7, 11) is 2.91. The molecule has 1 aromatic heterocycles. The summed E-state index contributed by atoms with van der Waals surface area (Å²) in [4.78, 5) is 30.8. The fourth-order valence-electron chi connectivity index (χ4n) is 3.83. The van der Waals surface area contributed by atoms with E-state index in [1.54, 1.807) is 30.3 Å². The first-order chi connectivity index (χ1) is 18.6. The van der Waals surface area contributed by atoms with E-state index in [4.69, 9.17) is 21.1 Å². The van der Waals surface area contributed by atoms with Gasteiger partial charge in [-0.25, -0.2) is 4.98 Å². The van der Waals surface area contributed by atoms with E-state index in [0.717, 1.165) is 23.9 Å². The van der Waals surface area contributed by atoms with Gasteiger partial charge in [-0.3, -0.25) is 14.2 Å². The molecule has 0 bridgehead atoms. The van der Waals surface area contributed by atoms with Crippen molar-refractivity contribution in [3.05, 3.63) is 87.2 Å². The van der Waals surface area contributed by atoms with Crippen molar-refractivity contribution in [2.75, 3.05) is 25.3 Å².